The van der Waals surface area contributed by atoms with E-state index in [2.05, 4.69) is 5.32 Å². The van der Waals surface area contributed by atoms with Crippen LogP contribution in [-0.2, 0) is 0 Å². The predicted octanol–water partition coefficient (Wildman–Crippen LogP) is 4.72. The number of anilines is 2. The van der Waals surface area contributed by atoms with Crippen LogP contribution >= 0.6 is 0 Å². The molecule has 0 radical (unpaired) electrons. The van der Waals surface area contributed by atoms with E-state index in [1.165, 1.54) is 27.4 Å². The van der Waals surface area contributed by atoms with Crippen molar-refractivity contribution in [2.75, 3.05) is 45.6 Å². The van der Waals surface area contributed by atoms with E-state index in [9.17, 15) is 4.79 Å². The summed E-state index contributed by atoms with van der Waals surface area (Å²) in [6.45, 7) is 1.94. The van der Waals surface area contributed by atoms with E-state index < -0.39 is 5.91 Å². The highest BCUT2D eigenvalue weighted by molar-refractivity contribution is 6.04. The van der Waals surface area contributed by atoms with Crippen LogP contribution in [0.15, 0.2) is 46.9 Å². The van der Waals surface area contributed by atoms with Crippen LogP contribution in [0.25, 0.3) is 0 Å². The second-order valence-corrected chi connectivity index (χ2v) is 6.93. The summed E-state index contributed by atoms with van der Waals surface area (Å²) in [4.78, 5) is 14.7. The number of ether oxygens (including phenoxy) is 4. The van der Waals surface area contributed by atoms with Gasteiger partial charge in [0.1, 0.15) is 28.7 Å². The highest BCUT2D eigenvalue weighted by atomic mass is 16.6. The number of nitrogens with zero attached hydrogens (tertiary/aromatic N) is 1. The van der Waals surface area contributed by atoms with Crippen LogP contribution in [0.4, 0.5) is 11.4 Å². The number of nitrogens with one attached hydrogen (secondary N) is 1. The molecule has 0 fully saturated rings. The number of carbonyl (C=O) groups excluding carboxylic acids is 1. The number of rotatable bonds is 8. The van der Waals surface area contributed by atoms with E-state index in [1.807, 2.05) is 44.1 Å². The maximum atomic E-state index is 12.8. The number of hydrogen-bond donors (Lipinski definition) is 1. The zero-order chi connectivity index (χ0) is 22.5. The lowest BCUT2D eigenvalue weighted by Crippen LogP contribution is -2.13. The van der Waals surface area contributed by atoms with Gasteiger partial charge in [0.2, 0.25) is 0 Å². The summed E-state index contributed by atoms with van der Waals surface area (Å²) in [6.07, 6.45) is 0. The lowest BCUT2D eigenvalue weighted by atomic mass is 10.2. The summed E-state index contributed by atoms with van der Waals surface area (Å²) in [5.74, 6) is 1.78. The van der Waals surface area contributed by atoms with Crippen molar-refractivity contribution in [2.45, 2.75) is 6.92 Å². The first-order valence-corrected chi connectivity index (χ1v) is 9.53. The van der Waals surface area contributed by atoms with Crippen molar-refractivity contribution in [3.05, 3.63) is 53.8 Å². The van der Waals surface area contributed by atoms with Crippen molar-refractivity contribution in [2.24, 2.45) is 0 Å². The van der Waals surface area contributed by atoms with Gasteiger partial charge in [-0.1, -0.05) is 6.07 Å². The van der Waals surface area contributed by atoms with E-state index in [0.29, 0.717) is 28.7 Å². The standard InChI is InChI=1S/C23H26N2O6/c1-14-7-8-15(25(2)3)11-18(14)31-21-10-9-17(30-21)23(26)24-22-19(28-5)12-16(27-4)13-20(22)29-6/h7-13H,1-6H3,(H,24,26). The summed E-state index contributed by atoms with van der Waals surface area (Å²) in [5.41, 5.74) is 2.30. The molecular weight excluding hydrogens is 400 g/mol. The van der Waals surface area contributed by atoms with Crippen molar-refractivity contribution < 1.29 is 28.2 Å². The molecule has 2 aromatic carbocycles. The highest BCUT2D eigenvalue weighted by Gasteiger charge is 2.19. The fraction of sp³-hybridized carbons (Fsp3) is 0.261. The number of hydrogen-bond acceptors (Lipinski definition) is 7. The first-order chi connectivity index (χ1) is 14.9. The third-order valence-corrected chi connectivity index (χ3v) is 4.66. The summed E-state index contributed by atoms with van der Waals surface area (Å²) in [7, 11) is 8.42. The minimum atomic E-state index is -0.476. The third kappa shape index (κ3) is 4.85. The molecule has 31 heavy (non-hydrogen) atoms. The van der Waals surface area contributed by atoms with E-state index in [1.54, 1.807) is 18.2 Å². The number of carbonyl (C=O) groups is 1. The van der Waals surface area contributed by atoms with Gasteiger partial charge in [-0.25, -0.2) is 0 Å². The molecule has 0 bridgehead atoms. The van der Waals surface area contributed by atoms with Crippen LogP contribution in [0.3, 0.4) is 0 Å². The van der Waals surface area contributed by atoms with Crippen LogP contribution in [0.2, 0.25) is 0 Å². The third-order valence-electron chi connectivity index (χ3n) is 4.66. The fourth-order valence-electron chi connectivity index (χ4n) is 2.89. The van der Waals surface area contributed by atoms with Gasteiger partial charge in [-0.3, -0.25) is 4.79 Å². The molecule has 0 saturated heterocycles. The lowest BCUT2D eigenvalue weighted by Gasteiger charge is -2.15. The molecule has 0 saturated carbocycles. The number of methoxy groups -OCH3 is 3. The minimum Gasteiger partial charge on any atom is -0.496 e. The van der Waals surface area contributed by atoms with Crippen LogP contribution in [-0.4, -0.2) is 41.3 Å². The van der Waals surface area contributed by atoms with Gasteiger partial charge in [-0.05, 0) is 24.6 Å². The van der Waals surface area contributed by atoms with E-state index in [4.69, 9.17) is 23.4 Å². The van der Waals surface area contributed by atoms with E-state index >= 15 is 0 Å². The zero-order valence-electron chi connectivity index (χ0n) is 18.4. The Morgan fingerprint density at radius 2 is 1.58 bits per heavy atom. The molecule has 1 aromatic heterocycles. The van der Waals surface area contributed by atoms with Crippen LogP contribution in [0, 0.1) is 6.92 Å². The Morgan fingerprint density at radius 3 is 2.16 bits per heavy atom. The van der Waals surface area contributed by atoms with Crippen molar-refractivity contribution in [3.63, 3.8) is 0 Å². The number of furan rings is 1. The molecule has 0 unspecified atom stereocenters. The summed E-state index contributed by atoms with van der Waals surface area (Å²) >= 11 is 0. The quantitative estimate of drug-likeness (QED) is 0.558. The van der Waals surface area contributed by atoms with Crippen molar-refractivity contribution >= 4 is 17.3 Å². The predicted molar refractivity (Wildman–Crippen MR) is 118 cm³/mol. The first kappa shape index (κ1) is 21.9. The lowest BCUT2D eigenvalue weighted by molar-refractivity contribution is 0.0991. The normalized spacial score (nSPS) is 10.4. The molecule has 1 N–H and O–H groups in total. The van der Waals surface area contributed by atoms with Gasteiger partial charge in [-0.2, -0.15) is 0 Å². The van der Waals surface area contributed by atoms with Gasteiger partial charge >= 0.3 is 0 Å². The van der Waals surface area contributed by atoms with Crippen LogP contribution < -0.4 is 29.2 Å². The van der Waals surface area contributed by atoms with Crippen molar-refractivity contribution in [3.8, 4) is 28.9 Å². The molecule has 0 aliphatic heterocycles. The van der Waals surface area contributed by atoms with E-state index in [-0.39, 0.29) is 11.7 Å². The number of benzene rings is 2. The molecule has 3 aromatic rings. The van der Waals surface area contributed by atoms with Crippen molar-refractivity contribution in [1.82, 2.24) is 0 Å². The average Bonchev–Trinajstić information content (AvgIpc) is 3.23. The van der Waals surface area contributed by atoms with Gasteiger partial charge in [0.15, 0.2) is 5.76 Å². The Balaban J connectivity index is 1.81. The molecule has 8 heteroatoms. The Hall–Kier alpha value is -3.81. The molecule has 3 rings (SSSR count). The second-order valence-electron chi connectivity index (χ2n) is 6.93. The fourth-order valence-corrected chi connectivity index (χ4v) is 2.89. The van der Waals surface area contributed by atoms with Gasteiger partial charge in [0.25, 0.3) is 11.9 Å². The van der Waals surface area contributed by atoms with Gasteiger partial charge in [0.05, 0.1) is 21.3 Å². The molecule has 8 nitrogen and oxygen atoms in total. The molecule has 164 valence electrons. The topological polar surface area (TPSA) is 82.4 Å². The number of amides is 1. The average molecular weight is 426 g/mol. The Kier molecular flexibility index (Phi) is 6.59. The minimum absolute atomic E-state index is 0.0799. The molecule has 1 amide bonds. The Morgan fingerprint density at radius 1 is 0.903 bits per heavy atom. The first-order valence-electron chi connectivity index (χ1n) is 9.53. The van der Waals surface area contributed by atoms with Gasteiger partial charge in [-0.15, -0.1) is 0 Å². The Bertz CT molecular complexity index is 1050. The SMILES string of the molecule is COc1cc(OC)c(NC(=O)c2ccc(Oc3cc(N(C)C)ccc3C)o2)c(OC)c1. The molecular formula is C23H26N2O6. The zero-order valence-corrected chi connectivity index (χ0v) is 18.4. The van der Waals surface area contributed by atoms with Gasteiger partial charge in [0, 0.05) is 44.0 Å². The number of aryl methyl sites for hydroxylation is 1. The second kappa shape index (κ2) is 9.34. The maximum Gasteiger partial charge on any atom is 0.291 e. The molecule has 0 aliphatic rings. The maximum absolute atomic E-state index is 12.8. The molecule has 0 spiro atoms. The summed E-state index contributed by atoms with van der Waals surface area (Å²) in [5, 5.41) is 2.76. The van der Waals surface area contributed by atoms with Crippen LogP contribution in [0.1, 0.15) is 16.1 Å². The van der Waals surface area contributed by atoms with Crippen LogP contribution in [0.5, 0.6) is 28.9 Å². The Labute approximate surface area is 181 Å². The van der Waals surface area contributed by atoms with E-state index in [0.717, 1.165) is 11.3 Å². The van der Waals surface area contributed by atoms with Gasteiger partial charge < -0.3 is 33.6 Å². The summed E-state index contributed by atoms with van der Waals surface area (Å²) < 4.78 is 27.4. The highest BCUT2D eigenvalue weighted by Crippen LogP contribution is 2.39. The molecule has 0 aliphatic carbocycles. The summed E-state index contributed by atoms with van der Waals surface area (Å²) in [6, 6.07) is 12.3. The monoisotopic (exact) mass is 426 g/mol. The van der Waals surface area contributed by atoms with Crippen molar-refractivity contribution in [1.29, 1.82) is 0 Å². The molecule has 0 atom stereocenters. The largest absolute Gasteiger partial charge is 0.496 e. The smallest absolute Gasteiger partial charge is 0.291 e. The molecule has 1 heterocycles.